The zero-order chi connectivity index (χ0) is 13.9. The fourth-order valence-corrected chi connectivity index (χ4v) is 3.10. The van der Waals surface area contributed by atoms with Gasteiger partial charge in [0.15, 0.2) is 0 Å². The van der Waals surface area contributed by atoms with Crippen LogP contribution in [0.5, 0.6) is 0 Å². The highest BCUT2D eigenvalue weighted by molar-refractivity contribution is 6.30. The van der Waals surface area contributed by atoms with E-state index in [9.17, 15) is 0 Å². The normalized spacial score (nSPS) is 18.6. The first-order chi connectivity index (χ1) is 8.99. The minimum atomic E-state index is 0.375. The Balaban J connectivity index is 1.98. The lowest BCUT2D eigenvalue weighted by Gasteiger charge is -2.31. The molecule has 19 heavy (non-hydrogen) atoms. The van der Waals surface area contributed by atoms with Crippen molar-refractivity contribution in [2.75, 3.05) is 13.1 Å². The van der Waals surface area contributed by atoms with E-state index in [2.05, 4.69) is 44.3 Å². The van der Waals surface area contributed by atoms with Crippen LogP contribution >= 0.6 is 11.6 Å². The van der Waals surface area contributed by atoms with Crippen molar-refractivity contribution in [1.82, 2.24) is 5.32 Å². The van der Waals surface area contributed by atoms with Crippen molar-refractivity contribution >= 4 is 11.6 Å². The molecule has 2 rings (SSSR count). The predicted molar refractivity (Wildman–Crippen MR) is 83.7 cm³/mol. The van der Waals surface area contributed by atoms with Crippen LogP contribution in [0.3, 0.4) is 0 Å². The Morgan fingerprint density at radius 3 is 2.68 bits per heavy atom. The fraction of sp³-hybridized carbons (Fsp3) is 0.647. The standard InChI is InChI=1S/C17H26ClN/c1-13(2)11-19-12-17(3,15-7-8-15)10-14-5-4-6-16(18)9-14/h4-6,9,13,15,19H,7-8,10-12H2,1-3H3. The Kier molecular flexibility index (Phi) is 4.92. The Morgan fingerprint density at radius 1 is 1.37 bits per heavy atom. The highest BCUT2D eigenvalue weighted by atomic mass is 35.5. The van der Waals surface area contributed by atoms with Gasteiger partial charge in [-0.25, -0.2) is 0 Å². The second-order valence-corrected chi connectivity index (χ2v) is 7.20. The molecule has 1 nitrogen and oxygen atoms in total. The van der Waals surface area contributed by atoms with Crippen LogP contribution in [0.15, 0.2) is 24.3 Å². The highest BCUT2D eigenvalue weighted by Crippen LogP contribution is 2.47. The van der Waals surface area contributed by atoms with Crippen LogP contribution in [0.4, 0.5) is 0 Å². The van der Waals surface area contributed by atoms with Gasteiger partial charge in [0.25, 0.3) is 0 Å². The van der Waals surface area contributed by atoms with Crippen LogP contribution in [-0.4, -0.2) is 13.1 Å². The van der Waals surface area contributed by atoms with Gasteiger partial charge in [-0.15, -0.1) is 0 Å². The van der Waals surface area contributed by atoms with E-state index in [1.807, 2.05) is 6.07 Å². The predicted octanol–water partition coefficient (Wildman–Crippen LogP) is 4.54. The summed E-state index contributed by atoms with van der Waals surface area (Å²) in [5.41, 5.74) is 1.74. The third-order valence-electron chi connectivity index (χ3n) is 4.14. The summed E-state index contributed by atoms with van der Waals surface area (Å²) in [6.45, 7) is 9.18. The van der Waals surface area contributed by atoms with E-state index in [1.54, 1.807) is 0 Å². The van der Waals surface area contributed by atoms with Gasteiger partial charge in [-0.3, -0.25) is 0 Å². The largest absolute Gasteiger partial charge is 0.316 e. The summed E-state index contributed by atoms with van der Waals surface area (Å²) >= 11 is 6.10. The van der Waals surface area contributed by atoms with Crippen molar-refractivity contribution in [1.29, 1.82) is 0 Å². The average molecular weight is 280 g/mol. The van der Waals surface area contributed by atoms with Crippen LogP contribution in [0.25, 0.3) is 0 Å². The SMILES string of the molecule is CC(C)CNCC(C)(Cc1cccc(Cl)c1)C1CC1. The Morgan fingerprint density at radius 2 is 2.11 bits per heavy atom. The van der Waals surface area contributed by atoms with Gasteiger partial charge in [0.05, 0.1) is 0 Å². The number of benzene rings is 1. The molecule has 2 heteroatoms. The minimum absolute atomic E-state index is 0.375. The van der Waals surface area contributed by atoms with Crippen LogP contribution in [0.2, 0.25) is 5.02 Å². The van der Waals surface area contributed by atoms with Crippen LogP contribution in [0, 0.1) is 17.3 Å². The quantitative estimate of drug-likeness (QED) is 0.772. The number of nitrogens with one attached hydrogen (secondary N) is 1. The van der Waals surface area contributed by atoms with Gasteiger partial charge in [-0.05, 0) is 60.8 Å². The highest BCUT2D eigenvalue weighted by Gasteiger charge is 2.41. The molecule has 0 saturated heterocycles. The number of rotatable bonds is 7. The molecule has 0 radical (unpaired) electrons. The Hall–Kier alpha value is -0.530. The first kappa shape index (κ1) is 14.9. The molecule has 0 aromatic heterocycles. The molecule has 1 atom stereocenters. The third kappa shape index (κ3) is 4.50. The Labute approximate surface area is 122 Å². The molecular weight excluding hydrogens is 254 g/mol. The maximum atomic E-state index is 6.10. The lowest BCUT2D eigenvalue weighted by Crippen LogP contribution is -2.37. The van der Waals surface area contributed by atoms with E-state index in [1.165, 1.54) is 18.4 Å². The van der Waals surface area contributed by atoms with E-state index < -0.39 is 0 Å². The molecular formula is C17H26ClN. The molecule has 1 unspecified atom stereocenters. The van der Waals surface area contributed by atoms with E-state index in [4.69, 9.17) is 11.6 Å². The monoisotopic (exact) mass is 279 g/mol. The molecule has 1 N–H and O–H groups in total. The summed E-state index contributed by atoms with van der Waals surface area (Å²) in [7, 11) is 0. The van der Waals surface area contributed by atoms with E-state index in [-0.39, 0.29) is 0 Å². The van der Waals surface area contributed by atoms with Crippen molar-refractivity contribution < 1.29 is 0 Å². The molecule has 1 saturated carbocycles. The third-order valence-corrected chi connectivity index (χ3v) is 4.38. The maximum Gasteiger partial charge on any atom is 0.0408 e. The van der Waals surface area contributed by atoms with Gasteiger partial charge in [-0.1, -0.05) is 44.5 Å². The lowest BCUT2D eigenvalue weighted by atomic mass is 9.79. The smallest absolute Gasteiger partial charge is 0.0408 e. The molecule has 1 aliphatic carbocycles. The fourth-order valence-electron chi connectivity index (χ4n) is 2.89. The molecule has 1 aliphatic rings. The first-order valence-electron chi connectivity index (χ1n) is 7.45. The van der Waals surface area contributed by atoms with Crippen molar-refractivity contribution in [2.24, 2.45) is 17.3 Å². The van der Waals surface area contributed by atoms with Crippen molar-refractivity contribution in [3.8, 4) is 0 Å². The number of hydrogen-bond donors (Lipinski definition) is 1. The van der Waals surface area contributed by atoms with Crippen molar-refractivity contribution in [2.45, 2.75) is 40.0 Å². The molecule has 1 aromatic rings. The van der Waals surface area contributed by atoms with E-state index in [0.717, 1.165) is 36.4 Å². The van der Waals surface area contributed by atoms with Gasteiger partial charge in [0.1, 0.15) is 0 Å². The van der Waals surface area contributed by atoms with Crippen LogP contribution < -0.4 is 5.32 Å². The topological polar surface area (TPSA) is 12.0 Å². The summed E-state index contributed by atoms with van der Waals surface area (Å²) in [5, 5.41) is 4.50. The van der Waals surface area contributed by atoms with Crippen molar-refractivity contribution in [3.05, 3.63) is 34.9 Å². The summed E-state index contributed by atoms with van der Waals surface area (Å²) in [6, 6.07) is 8.34. The average Bonchev–Trinajstić information content (AvgIpc) is 3.12. The number of halogens is 1. The molecule has 1 aromatic carbocycles. The van der Waals surface area contributed by atoms with E-state index >= 15 is 0 Å². The van der Waals surface area contributed by atoms with Gasteiger partial charge in [0, 0.05) is 11.6 Å². The summed E-state index contributed by atoms with van der Waals surface area (Å²) in [4.78, 5) is 0. The van der Waals surface area contributed by atoms with Crippen LogP contribution in [-0.2, 0) is 6.42 Å². The van der Waals surface area contributed by atoms with Gasteiger partial charge < -0.3 is 5.32 Å². The molecule has 0 aliphatic heterocycles. The molecule has 0 amide bonds. The molecule has 1 fully saturated rings. The summed E-state index contributed by atoms with van der Waals surface area (Å²) in [5.74, 6) is 1.60. The minimum Gasteiger partial charge on any atom is -0.316 e. The lowest BCUT2D eigenvalue weighted by molar-refractivity contribution is 0.252. The maximum absolute atomic E-state index is 6.10. The summed E-state index contributed by atoms with van der Waals surface area (Å²) < 4.78 is 0. The Bertz CT molecular complexity index is 411. The zero-order valence-electron chi connectivity index (χ0n) is 12.4. The second-order valence-electron chi connectivity index (χ2n) is 6.76. The van der Waals surface area contributed by atoms with Gasteiger partial charge >= 0.3 is 0 Å². The van der Waals surface area contributed by atoms with Gasteiger partial charge in [0.2, 0.25) is 0 Å². The molecule has 0 spiro atoms. The molecule has 0 heterocycles. The second kappa shape index (κ2) is 6.28. The van der Waals surface area contributed by atoms with Crippen LogP contribution in [0.1, 0.15) is 39.2 Å². The number of hydrogen-bond acceptors (Lipinski definition) is 1. The summed E-state index contributed by atoms with van der Waals surface area (Å²) in [6.07, 6.45) is 3.91. The molecule has 106 valence electrons. The molecule has 0 bridgehead atoms. The zero-order valence-corrected chi connectivity index (χ0v) is 13.1. The van der Waals surface area contributed by atoms with Gasteiger partial charge in [-0.2, -0.15) is 0 Å². The first-order valence-corrected chi connectivity index (χ1v) is 7.82. The van der Waals surface area contributed by atoms with Crippen molar-refractivity contribution in [3.63, 3.8) is 0 Å². The van der Waals surface area contributed by atoms with E-state index in [0.29, 0.717) is 5.41 Å².